The number of nitrogens with zero attached hydrogens (tertiary/aromatic N) is 2. The summed E-state index contributed by atoms with van der Waals surface area (Å²) in [5.41, 5.74) is 4.88. The second-order valence-corrected chi connectivity index (χ2v) is 6.69. The molecular formula is C21H19Cl2N2. The van der Waals surface area contributed by atoms with Crippen molar-refractivity contribution in [1.82, 2.24) is 0 Å². The van der Waals surface area contributed by atoms with Gasteiger partial charge in [-0.05, 0) is 41.8 Å². The Hall–Kier alpha value is -2.16. The molecule has 3 aromatic rings. The highest BCUT2D eigenvalue weighted by Crippen LogP contribution is 2.29. The van der Waals surface area contributed by atoms with E-state index < -0.39 is 0 Å². The van der Waals surface area contributed by atoms with Crippen molar-refractivity contribution in [3.63, 3.8) is 0 Å². The molecule has 3 rings (SSSR count). The largest absolute Gasteiger partial charge is 0.281 e. The maximum atomic E-state index is 6.49. The molecule has 0 bridgehead atoms. The van der Waals surface area contributed by atoms with E-state index in [0.717, 1.165) is 28.1 Å². The van der Waals surface area contributed by atoms with Crippen molar-refractivity contribution >= 4 is 34.9 Å². The molecular weight excluding hydrogens is 351 g/mol. The van der Waals surface area contributed by atoms with Gasteiger partial charge in [0.25, 0.3) is 0 Å². The molecule has 0 aliphatic heterocycles. The second-order valence-electron chi connectivity index (χ2n) is 5.87. The summed E-state index contributed by atoms with van der Waals surface area (Å²) in [6.07, 6.45) is 0. The highest BCUT2D eigenvalue weighted by atomic mass is 35.5. The summed E-state index contributed by atoms with van der Waals surface area (Å²) in [4.78, 5) is 0. The Morgan fingerprint density at radius 3 is 1.44 bits per heavy atom. The van der Waals surface area contributed by atoms with E-state index in [4.69, 9.17) is 23.6 Å². The van der Waals surface area contributed by atoms with Crippen molar-refractivity contribution in [3.8, 4) is 0 Å². The van der Waals surface area contributed by atoms with Crippen LogP contribution in [0, 0.1) is 6.92 Å². The number of anilines is 2. The van der Waals surface area contributed by atoms with Crippen LogP contribution in [0.15, 0.2) is 78.9 Å². The summed E-state index contributed by atoms with van der Waals surface area (Å²) < 4.78 is 3.36. The van der Waals surface area contributed by atoms with Crippen molar-refractivity contribution in [2.45, 2.75) is 13.1 Å². The molecule has 1 radical (unpaired) electrons. The van der Waals surface area contributed by atoms with Crippen molar-refractivity contribution in [3.05, 3.63) is 102 Å². The molecule has 0 unspecified atom stereocenters. The van der Waals surface area contributed by atoms with Crippen LogP contribution >= 0.6 is 23.6 Å². The minimum Gasteiger partial charge on any atom is -0.281 e. The van der Waals surface area contributed by atoms with Gasteiger partial charge in [0.15, 0.2) is 0 Å². The Morgan fingerprint density at radius 1 is 0.640 bits per heavy atom. The lowest BCUT2D eigenvalue weighted by molar-refractivity contribution is 1.03. The number of rotatable bonds is 6. The van der Waals surface area contributed by atoms with Crippen LogP contribution in [0.5, 0.6) is 0 Å². The van der Waals surface area contributed by atoms with E-state index >= 15 is 0 Å². The van der Waals surface area contributed by atoms with Gasteiger partial charge >= 0.3 is 0 Å². The van der Waals surface area contributed by atoms with E-state index in [-0.39, 0.29) is 0 Å². The van der Waals surface area contributed by atoms with Crippen molar-refractivity contribution in [2.24, 2.45) is 0 Å². The molecule has 2 nitrogen and oxygen atoms in total. The Labute approximate surface area is 159 Å². The van der Waals surface area contributed by atoms with Crippen LogP contribution < -0.4 is 8.84 Å². The molecule has 0 aliphatic carbocycles. The fraction of sp³-hybridized carbons (Fsp3) is 0.0952. The van der Waals surface area contributed by atoms with E-state index in [2.05, 4.69) is 6.92 Å². The molecule has 4 heteroatoms. The van der Waals surface area contributed by atoms with Gasteiger partial charge in [-0.15, -0.1) is 0 Å². The van der Waals surface area contributed by atoms with Gasteiger partial charge < -0.3 is 0 Å². The van der Waals surface area contributed by atoms with E-state index in [1.54, 1.807) is 8.84 Å². The summed E-state index contributed by atoms with van der Waals surface area (Å²) >= 11 is 13.0. The van der Waals surface area contributed by atoms with Crippen molar-refractivity contribution in [2.75, 3.05) is 8.84 Å². The summed E-state index contributed by atoms with van der Waals surface area (Å²) in [5.74, 6) is 0. The first-order valence-electron chi connectivity index (χ1n) is 8.03. The van der Waals surface area contributed by atoms with E-state index in [9.17, 15) is 0 Å². The molecule has 0 heterocycles. The van der Waals surface area contributed by atoms with Gasteiger partial charge in [-0.1, -0.05) is 60.7 Å². The lowest BCUT2D eigenvalue weighted by Crippen LogP contribution is -2.13. The average Bonchev–Trinajstić information content (AvgIpc) is 2.63. The zero-order valence-corrected chi connectivity index (χ0v) is 15.3. The molecule has 3 aromatic carbocycles. The predicted molar refractivity (Wildman–Crippen MR) is 108 cm³/mol. The van der Waals surface area contributed by atoms with Gasteiger partial charge in [-0.25, -0.2) is 0 Å². The molecule has 0 saturated heterocycles. The lowest BCUT2D eigenvalue weighted by Gasteiger charge is -2.21. The van der Waals surface area contributed by atoms with Crippen LogP contribution in [0.1, 0.15) is 16.7 Å². The summed E-state index contributed by atoms with van der Waals surface area (Å²) in [6.45, 7) is 5.26. The minimum absolute atomic E-state index is 0.603. The maximum Gasteiger partial charge on any atom is 0.0599 e. The molecule has 0 N–H and O–H groups in total. The Bertz CT molecular complexity index is 741. The average molecular weight is 370 g/mol. The molecule has 0 spiro atoms. The van der Waals surface area contributed by atoms with Crippen molar-refractivity contribution < 1.29 is 0 Å². The third-order valence-corrected chi connectivity index (χ3v) is 4.48. The summed E-state index contributed by atoms with van der Waals surface area (Å²) in [5, 5.41) is 0. The van der Waals surface area contributed by atoms with E-state index in [1.165, 1.54) is 0 Å². The van der Waals surface area contributed by atoms with Gasteiger partial charge in [0.05, 0.1) is 24.5 Å². The normalized spacial score (nSPS) is 10.5. The molecule has 0 atom stereocenters. The highest BCUT2D eigenvalue weighted by molar-refractivity contribution is 6.27. The Morgan fingerprint density at radius 2 is 1.04 bits per heavy atom. The first-order valence-corrected chi connectivity index (χ1v) is 8.71. The minimum atomic E-state index is 0.603. The summed E-state index contributed by atoms with van der Waals surface area (Å²) in [7, 11) is 0. The van der Waals surface area contributed by atoms with Crippen LogP contribution in [0.2, 0.25) is 0 Å². The number of benzene rings is 3. The van der Waals surface area contributed by atoms with Gasteiger partial charge in [0, 0.05) is 23.6 Å². The van der Waals surface area contributed by atoms with Crippen LogP contribution in [-0.4, -0.2) is 0 Å². The van der Waals surface area contributed by atoms with Crippen LogP contribution in [-0.2, 0) is 13.1 Å². The monoisotopic (exact) mass is 369 g/mol. The van der Waals surface area contributed by atoms with Crippen molar-refractivity contribution in [1.29, 1.82) is 0 Å². The van der Waals surface area contributed by atoms with E-state index in [0.29, 0.717) is 13.1 Å². The maximum absolute atomic E-state index is 6.49. The predicted octanol–water partition coefficient (Wildman–Crippen LogP) is 6.19. The fourth-order valence-corrected chi connectivity index (χ4v) is 3.08. The van der Waals surface area contributed by atoms with Gasteiger partial charge in [-0.2, -0.15) is 0 Å². The lowest BCUT2D eigenvalue weighted by atomic mass is 10.1. The van der Waals surface area contributed by atoms with Gasteiger partial charge in [0.1, 0.15) is 0 Å². The Kier molecular flexibility index (Phi) is 5.85. The standard InChI is InChI=1S/C21H19Cl2N2/c1-17-12-20(24(22)15-18-8-4-2-5-9-18)14-21(13-17)25(23)16-19-10-6-3-7-11-19/h2-14H,1,15-16H2. The van der Waals surface area contributed by atoms with Crippen LogP contribution in [0.4, 0.5) is 11.4 Å². The molecule has 0 aromatic heterocycles. The highest BCUT2D eigenvalue weighted by Gasteiger charge is 2.11. The zero-order valence-electron chi connectivity index (χ0n) is 13.8. The molecule has 127 valence electrons. The second kappa shape index (κ2) is 8.28. The fourth-order valence-electron chi connectivity index (χ4n) is 2.61. The Balaban J connectivity index is 1.77. The zero-order chi connectivity index (χ0) is 17.6. The molecule has 25 heavy (non-hydrogen) atoms. The van der Waals surface area contributed by atoms with Crippen LogP contribution in [0.25, 0.3) is 0 Å². The van der Waals surface area contributed by atoms with Crippen LogP contribution in [0.3, 0.4) is 0 Å². The smallest absolute Gasteiger partial charge is 0.0599 e. The first-order chi connectivity index (χ1) is 12.1. The third-order valence-electron chi connectivity index (χ3n) is 3.85. The first kappa shape index (κ1) is 17.7. The number of hydrogen-bond acceptors (Lipinski definition) is 2. The summed E-state index contributed by atoms with van der Waals surface area (Å²) in [6, 6.07) is 26.1. The van der Waals surface area contributed by atoms with Gasteiger partial charge in [-0.3, -0.25) is 8.84 Å². The topological polar surface area (TPSA) is 6.48 Å². The number of halogens is 2. The quantitative estimate of drug-likeness (QED) is 0.478. The number of hydrogen-bond donors (Lipinski definition) is 0. The van der Waals surface area contributed by atoms with Gasteiger partial charge in [0.2, 0.25) is 0 Å². The molecule has 0 aliphatic rings. The third kappa shape index (κ3) is 4.91. The molecule has 0 fully saturated rings. The molecule has 0 saturated carbocycles. The SMILES string of the molecule is [CH2]c1cc(N(Cl)Cc2ccccc2)cc(N(Cl)Cc2ccccc2)c1. The molecule has 0 amide bonds. The van der Waals surface area contributed by atoms with E-state index in [1.807, 2.05) is 78.9 Å².